The number of methoxy groups -OCH3 is 1. The van der Waals surface area contributed by atoms with Crippen LogP contribution in [0.3, 0.4) is 0 Å². The molecule has 9 heteroatoms. The summed E-state index contributed by atoms with van der Waals surface area (Å²) in [5.74, 6) is -0.894. The molecule has 0 aliphatic heterocycles. The molecule has 0 unspecified atom stereocenters. The fourth-order valence-electron chi connectivity index (χ4n) is 1.28. The van der Waals surface area contributed by atoms with E-state index in [2.05, 4.69) is 15.0 Å². The van der Waals surface area contributed by atoms with E-state index in [9.17, 15) is 18.0 Å². The number of aromatic nitrogens is 3. The number of halogens is 3. The first-order valence-corrected chi connectivity index (χ1v) is 4.63. The van der Waals surface area contributed by atoms with E-state index in [1.807, 2.05) is 0 Å². The standard InChI is InChI=1S/C8H11F3N4O2/c1-17-3-2-15-7(8(9,10)11)5(13-14-15)4-6(12)16/h2-4H2,1H3,(H2,12,16). The van der Waals surface area contributed by atoms with Crippen molar-refractivity contribution in [2.24, 2.45) is 5.73 Å². The Balaban J connectivity index is 3.06. The maximum atomic E-state index is 12.7. The molecule has 0 aliphatic rings. The first kappa shape index (κ1) is 13.4. The van der Waals surface area contributed by atoms with E-state index >= 15 is 0 Å². The van der Waals surface area contributed by atoms with Crippen LogP contribution in [0.5, 0.6) is 0 Å². The number of primary amides is 1. The minimum absolute atomic E-state index is 0.0580. The third-order valence-corrected chi connectivity index (χ3v) is 1.92. The molecule has 6 nitrogen and oxygen atoms in total. The average Bonchev–Trinajstić information content (AvgIpc) is 2.56. The Hall–Kier alpha value is -1.64. The van der Waals surface area contributed by atoms with Crippen LogP contribution in [0.15, 0.2) is 0 Å². The zero-order chi connectivity index (χ0) is 13.1. The molecule has 2 N–H and O–H groups in total. The van der Waals surface area contributed by atoms with Crippen molar-refractivity contribution in [2.75, 3.05) is 13.7 Å². The Morgan fingerprint density at radius 2 is 2.18 bits per heavy atom. The van der Waals surface area contributed by atoms with Gasteiger partial charge in [0.2, 0.25) is 5.91 Å². The molecule has 1 heterocycles. The monoisotopic (exact) mass is 252 g/mol. The summed E-state index contributed by atoms with van der Waals surface area (Å²) in [6, 6.07) is 0. The minimum atomic E-state index is -4.64. The summed E-state index contributed by atoms with van der Waals surface area (Å²) in [6.07, 6.45) is -5.23. The first-order chi connectivity index (χ1) is 7.86. The third kappa shape index (κ3) is 3.41. The maximum Gasteiger partial charge on any atom is 0.434 e. The van der Waals surface area contributed by atoms with Crippen molar-refractivity contribution in [3.8, 4) is 0 Å². The molecule has 1 amide bonds. The number of ether oxygens (including phenoxy) is 1. The molecule has 0 saturated carbocycles. The highest BCUT2D eigenvalue weighted by Crippen LogP contribution is 2.31. The predicted molar refractivity (Wildman–Crippen MR) is 49.8 cm³/mol. The van der Waals surface area contributed by atoms with Crippen LogP contribution in [0.4, 0.5) is 13.2 Å². The Kier molecular flexibility index (Phi) is 4.05. The number of amides is 1. The SMILES string of the molecule is COCCn1nnc(CC(N)=O)c1C(F)(F)F. The molecule has 17 heavy (non-hydrogen) atoms. The molecule has 1 aromatic rings. The number of hydrogen-bond donors (Lipinski definition) is 1. The van der Waals surface area contributed by atoms with Gasteiger partial charge in [0.1, 0.15) is 5.69 Å². The summed E-state index contributed by atoms with van der Waals surface area (Å²) >= 11 is 0. The minimum Gasteiger partial charge on any atom is -0.383 e. The third-order valence-electron chi connectivity index (χ3n) is 1.92. The van der Waals surface area contributed by atoms with E-state index < -0.39 is 29.9 Å². The highest BCUT2D eigenvalue weighted by atomic mass is 19.4. The first-order valence-electron chi connectivity index (χ1n) is 4.63. The van der Waals surface area contributed by atoms with Crippen molar-refractivity contribution >= 4 is 5.91 Å². The number of nitrogens with two attached hydrogens (primary N) is 1. The van der Waals surface area contributed by atoms with Gasteiger partial charge >= 0.3 is 6.18 Å². The van der Waals surface area contributed by atoms with E-state index in [-0.39, 0.29) is 13.2 Å². The van der Waals surface area contributed by atoms with Crippen LogP contribution in [0.2, 0.25) is 0 Å². The molecule has 0 fully saturated rings. The largest absolute Gasteiger partial charge is 0.434 e. The van der Waals surface area contributed by atoms with Gasteiger partial charge in [-0.15, -0.1) is 5.10 Å². The molecular weight excluding hydrogens is 241 g/mol. The zero-order valence-electron chi connectivity index (χ0n) is 8.99. The Morgan fingerprint density at radius 1 is 1.53 bits per heavy atom. The van der Waals surface area contributed by atoms with Gasteiger partial charge in [0, 0.05) is 7.11 Å². The van der Waals surface area contributed by atoms with Gasteiger partial charge in [-0.05, 0) is 0 Å². The van der Waals surface area contributed by atoms with Gasteiger partial charge in [0.25, 0.3) is 0 Å². The fraction of sp³-hybridized carbons (Fsp3) is 0.625. The number of alkyl halides is 3. The lowest BCUT2D eigenvalue weighted by Gasteiger charge is -2.10. The molecule has 1 aromatic heterocycles. The topological polar surface area (TPSA) is 83.0 Å². The summed E-state index contributed by atoms with van der Waals surface area (Å²) < 4.78 is 43.5. The van der Waals surface area contributed by atoms with Gasteiger partial charge < -0.3 is 10.5 Å². The predicted octanol–water partition coefficient (Wildman–Crippen LogP) is -0.0289. The van der Waals surface area contributed by atoms with Gasteiger partial charge in [-0.2, -0.15) is 13.2 Å². The van der Waals surface area contributed by atoms with Crippen LogP contribution in [-0.4, -0.2) is 34.6 Å². The molecule has 1 rings (SSSR count). The number of carbonyl (C=O) groups is 1. The number of nitrogens with zero attached hydrogens (tertiary/aromatic N) is 3. The molecule has 0 atom stereocenters. The molecule has 0 spiro atoms. The van der Waals surface area contributed by atoms with Crippen molar-refractivity contribution in [3.05, 3.63) is 11.4 Å². The van der Waals surface area contributed by atoms with Gasteiger partial charge in [0.05, 0.1) is 19.6 Å². The van der Waals surface area contributed by atoms with Crippen molar-refractivity contribution in [1.29, 1.82) is 0 Å². The van der Waals surface area contributed by atoms with Crippen LogP contribution in [0.25, 0.3) is 0 Å². The molecule has 0 aliphatic carbocycles. The summed E-state index contributed by atoms with van der Waals surface area (Å²) in [5, 5.41) is 6.64. The Bertz CT molecular complexity index is 402. The summed E-state index contributed by atoms with van der Waals surface area (Å²) in [4.78, 5) is 10.6. The van der Waals surface area contributed by atoms with Crippen LogP contribution in [0.1, 0.15) is 11.4 Å². The second-order valence-corrected chi connectivity index (χ2v) is 3.24. The Labute approximate surface area is 94.5 Å². The maximum absolute atomic E-state index is 12.7. The number of hydrogen-bond acceptors (Lipinski definition) is 4. The zero-order valence-corrected chi connectivity index (χ0v) is 8.99. The summed E-state index contributed by atoms with van der Waals surface area (Å²) in [5.41, 5.74) is 3.31. The van der Waals surface area contributed by atoms with Gasteiger partial charge in [0.15, 0.2) is 5.69 Å². The van der Waals surface area contributed by atoms with Gasteiger partial charge in [-0.1, -0.05) is 5.21 Å². The normalized spacial score (nSPS) is 11.8. The summed E-state index contributed by atoms with van der Waals surface area (Å²) in [7, 11) is 1.36. The quantitative estimate of drug-likeness (QED) is 0.797. The lowest BCUT2D eigenvalue weighted by atomic mass is 10.2. The molecule has 0 radical (unpaired) electrons. The van der Waals surface area contributed by atoms with E-state index in [1.165, 1.54) is 7.11 Å². The van der Waals surface area contributed by atoms with Crippen LogP contribution in [-0.2, 0) is 28.7 Å². The number of carbonyl (C=O) groups excluding carboxylic acids is 1. The second-order valence-electron chi connectivity index (χ2n) is 3.24. The highest BCUT2D eigenvalue weighted by molar-refractivity contribution is 5.76. The van der Waals surface area contributed by atoms with Gasteiger partial charge in [-0.25, -0.2) is 4.68 Å². The molecular formula is C8H11F3N4O2. The summed E-state index contributed by atoms with van der Waals surface area (Å²) in [6.45, 7) is -0.0421. The number of rotatable bonds is 5. The van der Waals surface area contributed by atoms with Gasteiger partial charge in [-0.3, -0.25) is 4.79 Å². The Morgan fingerprint density at radius 3 is 2.65 bits per heavy atom. The van der Waals surface area contributed by atoms with Crippen LogP contribution >= 0.6 is 0 Å². The van der Waals surface area contributed by atoms with Crippen molar-refractivity contribution in [3.63, 3.8) is 0 Å². The second kappa shape index (κ2) is 5.13. The molecule has 0 saturated heterocycles. The van der Waals surface area contributed by atoms with E-state index in [0.29, 0.717) is 4.68 Å². The van der Waals surface area contributed by atoms with E-state index in [1.54, 1.807) is 0 Å². The molecule has 0 aromatic carbocycles. The van der Waals surface area contributed by atoms with E-state index in [0.717, 1.165) is 0 Å². The average molecular weight is 252 g/mol. The molecule has 0 bridgehead atoms. The lowest BCUT2D eigenvalue weighted by molar-refractivity contribution is -0.145. The van der Waals surface area contributed by atoms with Crippen LogP contribution < -0.4 is 5.73 Å². The fourth-order valence-corrected chi connectivity index (χ4v) is 1.28. The smallest absolute Gasteiger partial charge is 0.383 e. The highest BCUT2D eigenvalue weighted by Gasteiger charge is 2.39. The van der Waals surface area contributed by atoms with Crippen molar-refractivity contribution < 1.29 is 22.7 Å². The lowest BCUT2D eigenvalue weighted by Crippen LogP contribution is -2.21. The van der Waals surface area contributed by atoms with Crippen molar-refractivity contribution in [2.45, 2.75) is 19.1 Å². The molecule has 96 valence electrons. The van der Waals surface area contributed by atoms with E-state index in [4.69, 9.17) is 5.73 Å². The van der Waals surface area contributed by atoms with Crippen LogP contribution in [0, 0.1) is 0 Å². The van der Waals surface area contributed by atoms with Crippen molar-refractivity contribution in [1.82, 2.24) is 15.0 Å².